The predicted molar refractivity (Wildman–Crippen MR) is 108 cm³/mol. The van der Waals surface area contributed by atoms with E-state index in [0.717, 1.165) is 29.4 Å². The Labute approximate surface area is 162 Å². The normalized spacial score (nSPS) is 12.2. The second-order valence-electron chi connectivity index (χ2n) is 7.01. The molecule has 0 aliphatic rings. The number of hydrogen-bond donors (Lipinski definition) is 2. The van der Waals surface area contributed by atoms with Gasteiger partial charge in [-0.05, 0) is 53.8 Å². The largest absolute Gasteiger partial charge is 0.494 e. The van der Waals surface area contributed by atoms with Crippen molar-refractivity contribution in [2.24, 2.45) is 5.92 Å². The van der Waals surface area contributed by atoms with E-state index in [4.69, 9.17) is 9.94 Å². The maximum Gasteiger partial charge on any atom is 0.243 e. The van der Waals surface area contributed by atoms with E-state index < -0.39 is 10.0 Å². The summed E-state index contributed by atoms with van der Waals surface area (Å²) in [6.45, 7) is 7.64. The smallest absolute Gasteiger partial charge is 0.243 e. The van der Waals surface area contributed by atoms with Crippen molar-refractivity contribution in [3.05, 3.63) is 36.4 Å². The van der Waals surface area contributed by atoms with Crippen LogP contribution in [0.5, 0.6) is 5.75 Å². The number of nitrogens with one attached hydrogen (secondary N) is 1. The Kier molecular flexibility index (Phi) is 8.04. The van der Waals surface area contributed by atoms with Crippen LogP contribution < -0.4 is 10.2 Å². The van der Waals surface area contributed by atoms with Crippen molar-refractivity contribution in [2.75, 3.05) is 26.2 Å². The molecule has 0 radical (unpaired) electrons. The molecule has 0 saturated carbocycles. The molecule has 2 aromatic carbocycles. The van der Waals surface area contributed by atoms with E-state index in [-0.39, 0.29) is 18.0 Å². The molecule has 0 saturated heterocycles. The van der Waals surface area contributed by atoms with Crippen molar-refractivity contribution in [3.63, 3.8) is 0 Å². The van der Waals surface area contributed by atoms with E-state index in [2.05, 4.69) is 20.8 Å². The summed E-state index contributed by atoms with van der Waals surface area (Å²) < 4.78 is 33.3. The van der Waals surface area contributed by atoms with Gasteiger partial charge in [-0.3, -0.25) is 0 Å². The minimum Gasteiger partial charge on any atom is -0.494 e. The summed E-state index contributed by atoms with van der Waals surface area (Å²) in [5.41, 5.74) is 2.04. The molecule has 150 valence electrons. The second-order valence-corrected chi connectivity index (χ2v) is 8.95. The van der Waals surface area contributed by atoms with Crippen molar-refractivity contribution in [1.82, 2.24) is 9.79 Å². The van der Waals surface area contributed by atoms with Gasteiger partial charge in [0.05, 0.1) is 11.5 Å². The number of hydroxylamine groups is 1. The van der Waals surface area contributed by atoms with Gasteiger partial charge in [-0.25, -0.2) is 13.9 Å². The number of rotatable bonds is 11. The fourth-order valence-corrected chi connectivity index (χ4v) is 4.24. The standard InChI is InChI=1S/C20H30N2O4S/c1-4-13-26-19-7-5-18-15-20(8-6-17(18)14-19)27(24,25)22(12-10-21-23)11-9-16(2)3/h5-8,14-16,21,23H,4,9-13H2,1-3H3. The van der Waals surface area contributed by atoms with E-state index in [1.54, 1.807) is 12.1 Å². The van der Waals surface area contributed by atoms with Crippen LogP contribution in [-0.2, 0) is 10.0 Å². The molecular weight excluding hydrogens is 364 g/mol. The maximum atomic E-state index is 13.1. The maximum absolute atomic E-state index is 13.1. The lowest BCUT2D eigenvalue weighted by atomic mass is 10.1. The number of ether oxygens (including phenoxy) is 1. The zero-order valence-corrected chi connectivity index (χ0v) is 17.1. The third-order valence-electron chi connectivity index (χ3n) is 4.32. The van der Waals surface area contributed by atoms with Gasteiger partial charge in [-0.15, -0.1) is 0 Å². The Morgan fingerprint density at radius 1 is 1.11 bits per heavy atom. The van der Waals surface area contributed by atoms with Crippen LogP contribution in [-0.4, -0.2) is 44.2 Å². The molecule has 2 rings (SSSR count). The monoisotopic (exact) mass is 394 g/mol. The molecule has 0 bridgehead atoms. The Morgan fingerprint density at radius 2 is 1.81 bits per heavy atom. The molecule has 6 nitrogen and oxygen atoms in total. The molecule has 0 unspecified atom stereocenters. The average Bonchev–Trinajstić information content (AvgIpc) is 2.65. The molecule has 0 amide bonds. The summed E-state index contributed by atoms with van der Waals surface area (Å²) in [5.74, 6) is 1.18. The van der Waals surface area contributed by atoms with Gasteiger partial charge in [0.15, 0.2) is 0 Å². The minimum atomic E-state index is -3.63. The molecule has 2 N–H and O–H groups in total. The van der Waals surface area contributed by atoms with Gasteiger partial charge in [-0.1, -0.05) is 32.9 Å². The number of hydrogen-bond acceptors (Lipinski definition) is 5. The highest BCUT2D eigenvalue weighted by Gasteiger charge is 2.24. The SMILES string of the molecule is CCCOc1ccc2cc(S(=O)(=O)N(CCNO)CCC(C)C)ccc2c1. The van der Waals surface area contributed by atoms with Crippen LogP contribution in [0.15, 0.2) is 41.3 Å². The number of benzene rings is 2. The van der Waals surface area contributed by atoms with Gasteiger partial charge in [0.1, 0.15) is 5.75 Å². The first kappa shape index (κ1) is 21.6. The topological polar surface area (TPSA) is 78.9 Å². The molecular formula is C20H30N2O4S. The highest BCUT2D eigenvalue weighted by Crippen LogP contribution is 2.26. The fraction of sp³-hybridized carbons (Fsp3) is 0.500. The number of sulfonamides is 1. The van der Waals surface area contributed by atoms with Crippen molar-refractivity contribution in [2.45, 2.75) is 38.5 Å². The van der Waals surface area contributed by atoms with Crippen LogP contribution >= 0.6 is 0 Å². The summed E-state index contributed by atoms with van der Waals surface area (Å²) in [7, 11) is -3.63. The molecule has 0 aliphatic heterocycles. The quantitative estimate of drug-likeness (QED) is 0.569. The molecule has 2 aromatic rings. The van der Waals surface area contributed by atoms with Gasteiger partial charge in [0, 0.05) is 19.6 Å². The van der Waals surface area contributed by atoms with E-state index in [1.165, 1.54) is 4.31 Å². The van der Waals surface area contributed by atoms with Crippen LogP contribution in [0, 0.1) is 5.92 Å². The van der Waals surface area contributed by atoms with Crippen molar-refractivity contribution in [3.8, 4) is 5.75 Å². The lowest BCUT2D eigenvalue weighted by Crippen LogP contribution is -2.37. The van der Waals surface area contributed by atoms with Crippen LogP contribution in [0.2, 0.25) is 0 Å². The molecule has 0 heterocycles. The Morgan fingerprint density at radius 3 is 2.48 bits per heavy atom. The Hall–Kier alpha value is -1.67. The van der Waals surface area contributed by atoms with Gasteiger partial charge in [0.2, 0.25) is 10.0 Å². The molecule has 0 fully saturated rings. The Bertz CT molecular complexity index is 837. The van der Waals surface area contributed by atoms with Gasteiger partial charge >= 0.3 is 0 Å². The van der Waals surface area contributed by atoms with E-state index in [0.29, 0.717) is 19.1 Å². The van der Waals surface area contributed by atoms with Gasteiger partial charge in [-0.2, -0.15) is 4.31 Å². The lowest BCUT2D eigenvalue weighted by molar-refractivity contribution is 0.159. The highest BCUT2D eigenvalue weighted by molar-refractivity contribution is 7.89. The first-order valence-electron chi connectivity index (χ1n) is 9.42. The Balaban J connectivity index is 2.30. The molecule has 27 heavy (non-hydrogen) atoms. The van der Waals surface area contributed by atoms with Crippen LogP contribution in [0.1, 0.15) is 33.6 Å². The van der Waals surface area contributed by atoms with Crippen molar-refractivity contribution < 1.29 is 18.4 Å². The van der Waals surface area contributed by atoms with Crippen molar-refractivity contribution >= 4 is 20.8 Å². The first-order valence-corrected chi connectivity index (χ1v) is 10.9. The van der Waals surface area contributed by atoms with Crippen LogP contribution in [0.4, 0.5) is 0 Å². The second kappa shape index (κ2) is 10.0. The summed E-state index contributed by atoms with van der Waals surface area (Å²) in [6, 6.07) is 10.8. The zero-order valence-electron chi connectivity index (χ0n) is 16.3. The van der Waals surface area contributed by atoms with E-state index >= 15 is 0 Å². The van der Waals surface area contributed by atoms with Gasteiger partial charge < -0.3 is 9.94 Å². The summed E-state index contributed by atoms with van der Waals surface area (Å²) >= 11 is 0. The fourth-order valence-electron chi connectivity index (χ4n) is 2.75. The molecule has 0 aliphatic carbocycles. The van der Waals surface area contributed by atoms with Crippen LogP contribution in [0.3, 0.4) is 0 Å². The van der Waals surface area contributed by atoms with E-state index in [1.807, 2.05) is 29.7 Å². The first-order chi connectivity index (χ1) is 12.9. The van der Waals surface area contributed by atoms with Gasteiger partial charge in [0.25, 0.3) is 0 Å². The number of fused-ring (bicyclic) bond motifs is 1. The predicted octanol–water partition coefficient (Wildman–Crippen LogP) is 3.64. The zero-order chi connectivity index (χ0) is 19.9. The molecule has 0 spiro atoms. The summed E-state index contributed by atoms with van der Waals surface area (Å²) in [5, 5.41) is 10.7. The third kappa shape index (κ3) is 5.90. The van der Waals surface area contributed by atoms with Crippen LogP contribution in [0.25, 0.3) is 10.8 Å². The average molecular weight is 395 g/mol. The molecule has 0 aromatic heterocycles. The lowest BCUT2D eigenvalue weighted by Gasteiger charge is -2.23. The minimum absolute atomic E-state index is 0.184. The summed E-state index contributed by atoms with van der Waals surface area (Å²) in [4.78, 5) is 0.263. The highest BCUT2D eigenvalue weighted by atomic mass is 32.2. The molecule has 7 heteroatoms. The summed E-state index contributed by atoms with van der Waals surface area (Å²) in [6.07, 6.45) is 1.69. The van der Waals surface area contributed by atoms with E-state index in [9.17, 15) is 8.42 Å². The van der Waals surface area contributed by atoms with Crippen molar-refractivity contribution in [1.29, 1.82) is 0 Å². The molecule has 0 atom stereocenters. The number of nitrogens with zero attached hydrogens (tertiary/aromatic N) is 1. The third-order valence-corrected chi connectivity index (χ3v) is 6.22.